The number of amides is 1. The molecule has 188 valence electrons. The number of ether oxygens (including phenoxy) is 1. The molecule has 0 radical (unpaired) electrons. The number of hydrogen-bond acceptors (Lipinski definition) is 8. The van der Waals surface area contributed by atoms with Crippen molar-refractivity contribution < 1.29 is 27.7 Å². The van der Waals surface area contributed by atoms with Crippen molar-refractivity contribution in [3.63, 3.8) is 0 Å². The summed E-state index contributed by atoms with van der Waals surface area (Å²) in [6.07, 6.45) is 1.72. The Hall–Kier alpha value is -3.21. The standard InChI is InChI=1S/C24H29F2N5O4/c1-33-28-19-14-23(34-20-3-2-16(25)12-18(19)20)4-10-31(11-5-23)22(32)24(26)6-8-30(9-7-24)15-17-13-21(27)29-35-17/h2-3,12-13H,4-11,14-15H2,1H3,(H2,27,29). The largest absolute Gasteiger partial charge is 0.486 e. The van der Waals surface area contributed by atoms with E-state index in [1.807, 2.05) is 4.90 Å². The quantitative estimate of drug-likeness (QED) is 0.658. The maximum absolute atomic E-state index is 15.7. The minimum absolute atomic E-state index is 0.122. The van der Waals surface area contributed by atoms with Crippen LogP contribution in [0.25, 0.3) is 0 Å². The van der Waals surface area contributed by atoms with Gasteiger partial charge >= 0.3 is 0 Å². The average molecular weight is 490 g/mol. The van der Waals surface area contributed by atoms with Gasteiger partial charge in [0.1, 0.15) is 24.3 Å². The van der Waals surface area contributed by atoms with E-state index in [0.29, 0.717) is 80.6 Å². The molecule has 11 heteroatoms. The van der Waals surface area contributed by atoms with Crippen molar-refractivity contribution in [2.45, 2.75) is 49.9 Å². The SMILES string of the molecule is CON=C1CC2(CCN(C(=O)C3(F)CCN(Cc4cc(N)no4)CC3)CC2)Oc2ccc(F)cc21. The average Bonchev–Trinajstić information content (AvgIpc) is 3.26. The summed E-state index contributed by atoms with van der Waals surface area (Å²) in [6.45, 7) is 2.11. The molecule has 5 rings (SSSR count). The lowest BCUT2D eigenvalue weighted by Gasteiger charge is -2.46. The molecule has 1 amide bonds. The highest BCUT2D eigenvalue weighted by Crippen LogP contribution is 2.41. The lowest BCUT2D eigenvalue weighted by Crippen LogP contribution is -2.57. The van der Waals surface area contributed by atoms with E-state index in [-0.39, 0.29) is 18.7 Å². The molecular weight excluding hydrogens is 460 g/mol. The highest BCUT2D eigenvalue weighted by atomic mass is 19.1. The van der Waals surface area contributed by atoms with Gasteiger partial charge in [0.2, 0.25) is 0 Å². The van der Waals surface area contributed by atoms with Crippen molar-refractivity contribution >= 4 is 17.4 Å². The van der Waals surface area contributed by atoms with Gasteiger partial charge in [-0.15, -0.1) is 0 Å². The van der Waals surface area contributed by atoms with E-state index in [1.165, 1.54) is 19.2 Å². The van der Waals surface area contributed by atoms with Gasteiger partial charge in [-0.25, -0.2) is 8.78 Å². The van der Waals surface area contributed by atoms with E-state index in [2.05, 4.69) is 10.3 Å². The number of rotatable bonds is 4. The predicted octanol–water partition coefficient (Wildman–Crippen LogP) is 2.89. The zero-order chi connectivity index (χ0) is 24.6. The molecule has 1 aromatic heterocycles. The summed E-state index contributed by atoms with van der Waals surface area (Å²) in [4.78, 5) is 21.8. The normalized spacial score (nSPS) is 22.6. The van der Waals surface area contributed by atoms with E-state index >= 15 is 4.39 Å². The first kappa shape index (κ1) is 23.5. The highest BCUT2D eigenvalue weighted by molar-refractivity contribution is 6.04. The Morgan fingerprint density at radius 3 is 2.60 bits per heavy atom. The predicted molar refractivity (Wildman–Crippen MR) is 123 cm³/mol. The van der Waals surface area contributed by atoms with Crippen molar-refractivity contribution in [2.24, 2.45) is 5.16 Å². The van der Waals surface area contributed by atoms with Gasteiger partial charge in [0.05, 0.1) is 12.3 Å². The maximum atomic E-state index is 15.7. The van der Waals surface area contributed by atoms with Gasteiger partial charge in [-0.3, -0.25) is 9.69 Å². The van der Waals surface area contributed by atoms with Gasteiger partial charge in [0.15, 0.2) is 17.2 Å². The van der Waals surface area contributed by atoms with Gasteiger partial charge < -0.3 is 24.7 Å². The summed E-state index contributed by atoms with van der Waals surface area (Å²) in [6, 6.07) is 5.97. The van der Waals surface area contributed by atoms with Crippen LogP contribution in [0.1, 0.15) is 43.4 Å². The van der Waals surface area contributed by atoms with E-state index in [1.54, 1.807) is 17.0 Å². The summed E-state index contributed by atoms with van der Waals surface area (Å²) < 4.78 is 40.9. The minimum Gasteiger partial charge on any atom is -0.486 e. The van der Waals surface area contributed by atoms with E-state index < -0.39 is 17.2 Å². The van der Waals surface area contributed by atoms with Gasteiger partial charge in [0, 0.05) is 69.9 Å². The number of carbonyl (C=O) groups is 1. The third-order valence-corrected chi connectivity index (χ3v) is 7.22. The van der Waals surface area contributed by atoms with Crippen molar-refractivity contribution in [2.75, 3.05) is 39.0 Å². The summed E-state index contributed by atoms with van der Waals surface area (Å²) in [5, 5.41) is 7.77. The fraction of sp³-hybridized carbons (Fsp3) is 0.542. The van der Waals surface area contributed by atoms with Crippen LogP contribution in [0.4, 0.5) is 14.6 Å². The number of aromatic nitrogens is 1. The van der Waals surface area contributed by atoms with Gasteiger partial charge in [0.25, 0.3) is 5.91 Å². The van der Waals surface area contributed by atoms with E-state index in [9.17, 15) is 9.18 Å². The zero-order valence-corrected chi connectivity index (χ0v) is 19.6. The van der Waals surface area contributed by atoms with Crippen LogP contribution in [-0.4, -0.2) is 71.1 Å². The Labute approximate surface area is 201 Å². The van der Waals surface area contributed by atoms with Crippen LogP contribution in [0, 0.1) is 5.82 Å². The number of nitrogen functional groups attached to an aromatic ring is 1. The molecule has 1 spiro atoms. The molecule has 2 fully saturated rings. The van der Waals surface area contributed by atoms with Crippen LogP contribution >= 0.6 is 0 Å². The van der Waals surface area contributed by atoms with E-state index in [4.69, 9.17) is 19.8 Å². The molecule has 9 nitrogen and oxygen atoms in total. The third kappa shape index (κ3) is 4.69. The van der Waals surface area contributed by atoms with Crippen LogP contribution in [0.5, 0.6) is 5.75 Å². The second-order valence-electron chi connectivity index (χ2n) is 9.57. The number of benzene rings is 1. The number of halogens is 2. The summed E-state index contributed by atoms with van der Waals surface area (Å²) in [5.41, 5.74) is 4.28. The molecule has 2 aromatic rings. The Bertz CT molecular complexity index is 1120. The topological polar surface area (TPSA) is 106 Å². The maximum Gasteiger partial charge on any atom is 0.260 e. The number of hydrogen-bond donors (Lipinski definition) is 1. The molecule has 2 saturated heterocycles. The third-order valence-electron chi connectivity index (χ3n) is 7.22. The molecule has 0 unspecified atom stereocenters. The first-order valence-electron chi connectivity index (χ1n) is 11.8. The lowest BCUT2D eigenvalue weighted by atomic mass is 9.81. The fourth-order valence-corrected chi connectivity index (χ4v) is 5.26. The van der Waals surface area contributed by atoms with Gasteiger partial charge in [-0.05, 0) is 18.2 Å². The molecule has 0 atom stereocenters. The molecule has 3 aliphatic heterocycles. The first-order valence-corrected chi connectivity index (χ1v) is 11.8. The van der Waals surface area contributed by atoms with Crippen LogP contribution in [0.3, 0.4) is 0 Å². The molecule has 1 aromatic carbocycles. The summed E-state index contributed by atoms with van der Waals surface area (Å²) in [7, 11) is 1.45. The summed E-state index contributed by atoms with van der Waals surface area (Å²) in [5.74, 6) is 0.635. The number of anilines is 1. The Morgan fingerprint density at radius 1 is 1.20 bits per heavy atom. The zero-order valence-electron chi connectivity index (χ0n) is 19.6. The van der Waals surface area contributed by atoms with Gasteiger partial charge in [-0.1, -0.05) is 10.3 Å². The lowest BCUT2D eigenvalue weighted by molar-refractivity contribution is -0.151. The number of carbonyl (C=O) groups excluding carboxylic acids is 1. The second kappa shape index (κ2) is 9.10. The van der Waals surface area contributed by atoms with E-state index in [0.717, 1.165) is 0 Å². The number of nitrogens with zero attached hydrogens (tertiary/aromatic N) is 4. The second-order valence-corrected chi connectivity index (χ2v) is 9.57. The molecule has 0 saturated carbocycles. The number of alkyl halides is 1. The summed E-state index contributed by atoms with van der Waals surface area (Å²) >= 11 is 0. The monoisotopic (exact) mass is 489 g/mol. The van der Waals surface area contributed by atoms with Crippen molar-refractivity contribution in [3.8, 4) is 5.75 Å². The molecule has 35 heavy (non-hydrogen) atoms. The highest BCUT2D eigenvalue weighted by Gasteiger charge is 2.48. The van der Waals surface area contributed by atoms with Crippen molar-refractivity contribution in [1.82, 2.24) is 15.0 Å². The number of fused-ring (bicyclic) bond motifs is 1. The fourth-order valence-electron chi connectivity index (χ4n) is 5.26. The molecule has 0 bridgehead atoms. The smallest absolute Gasteiger partial charge is 0.260 e. The van der Waals surface area contributed by atoms with Crippen LogP contribution in [0.2, 0.25) is 0 Å². The Morgan fingerprint density at radius 2 is 1.94 bits per heavy atom. The molecule has 4 heterocycles. The van der Waals surface area contributed by atoms with Gasteiger partial charge in [-0.2, -0.15) is 0 Å². The number of oxime groups is 1. The minimum atomic E-state index is -1.89. The molecule has 2 N–H and O–H groups in total. The molecule has 0 aliphatic carbocycles. The van der Waals surface area contributed by atoms with Crippen LogP contribution < -0.4 is 10.5 Å². The molecular formula is C24H29F2N5O4. The number of piperidine rings is 2. The van der Waals surface area contributed by atoms with Crippen molar-refractivity contribution in [1.29, 1.82) is 0 Å². The number of likely N-dealkylation sites (tertiary alicyclic amines) is 2. The van der Waals surface area contributed by atoms with Crippen LogP contribution in [-0.2, 0) is 16.2 Å². The Kier molecular flexibility index (Phi) is 6.12. The number of nitrogens with two attached hydrogens (primary N) is 1. The molecule has 3 aliphatic rings. The van der Waals surface area contributed by atoms with Crippen LogP contribution in [0.15, 0.2) is 33.9 Å². The Balaban J connectivity index is 1.20. The first-order chi connectivity index (χ1) is 16.8. The van der Waals surface area contributed by atoms with Crippen molar-refractivity contribution in [3.05, 3.63) is 41.4 Å².